The number of hydrogen-bond donors (Lipinski definition) is 0. The standard InChI is InChI=1S/C71H46/c1-71(2)67-39-47(43-27-31-45(32-28-43)63-41-65-53-19-5-3-15-49(53)51-17-7-11-23-59(51)69(65)61-25-13-9-21-55(61)63)35-37-57(67)58-38-36-48(40-68(58)71)44-29-33-46(34-30-44)64-42-66-54-20-6-4-16-50(54)52-18-8-12-24-60(52)70(66)62-26-14-10-22-56(62)64/h3-42H,1-2H3. The highest BCUT2D eigenvalue weighted by Crippen LogP contribution is 2.51. The summed E-state index contributed by atoms with van der Waals surface area (Å²) < 4.78 is 0. The smallest absolute Gasteiger partial charge is 0.0159 e. The van der Waals surface area contributed by atoms with Crippen molar-refractivity contribution in [2.24, 2.45) is 0 Å². The predicted octanol–water partition coefficient (Wildman–Crippen LogP) is 19.9. The molecule has 14 aromatic carbocycles. The monoisotopic (exact) mass is 898 g/mol. The molecule has 330 valence electrons. The van der Waals surface area contributed by atoms with E-state index in [4.69, 9.17) is 0 Å². The maximum absolute atomic E-state index is 2.45. The van der Waals surface area contributed by atoms with Crippen molar-refractivity contribution in [2.45, 2.75) is 19.3 Å². The summed E-state index contributed by atoms with van der Waals surface area (Å²) in [6.07, 6.45) is 0. The first kappa shape index (κ1) is 40.1. The SMILES string of the molecule is CC1(C)c2cc(-c3ccc(-c4cc5c6ccccc6c6ccccc6c5c5ccccc45)cc3)ccc2-c2ccc(-c3ccc(-c4cc5c6ccccc6c6ccccc6c5c5ccccc45)cc3)cc21. The lowest BCUT2D eigenvalue weighted by Gasteiger charge is -2.23. The van der Waals surface area contributed by atoms with Crippen molar-refractivity contribution in [2.75, 3.05) is 0 Å². The first-order valence-corrected chi connectivity index (χ1v) is 25.0. The van der Waals surface area contributed by atoms with Crippen LogP contribution in [0.4, 0.5) is 0 Å². The van der Waals surface area contributed by atoms with Crippen LogP contribution < -0.4 is 0 Å². The van der Waals surface area contributed by atoms with Crippen molar-refractivity contribution in [3.63, 3.8) is 0 Å². The van der Waals surface area contributed by atoms with Crippen molar-refractivity contribution >= 4 is 86.2 Å². The van der Waals surface area contributed by atoms with E-state index < -0.39 is 0 Å². The van der Waals surface area contributed by atoms with E-state index >= 15 is 0 Å². The van der Waals surface area contributed by atoms with Gasteiger partial charge in [-0.2, -0.15) is 0 Å². The highest BCUT2D eigenvalue weighted by Gasteiger charge is 2.36. The van der Waals surface area contributed by atoms with Gasteiger partial charge in [-0.15, -0.1) is 0 Å². The van der Waals surface area contributed by atoms with Crippen molar-refractivity contribution in [1.82, 2.24) is 0 Å². The van der Waals surface area contributed by atoms with Gasteiger partial charge in [0.15, 0.2) is 0 Å². The summed E-state index contributed by atoms with van der Waals surface area (Å²) in [5, 5.41) is 20.8. The van der Waals surface area contributed by atoms with Crippen LogP contribution in [0.3, 0.4) is 0 Å². The van der Waals surface area contributed by atoms with E-state index in [1.54, 1.807) is 0 Å². The third kappa shape index (κ3) is 5.86. The molecule has 15 rings (SSSR count). The fourth-order valence-electron chi connectivity index (χ4n) is 12.8. The predicted molar refractivity (Wildman–Crippen MR) is 306 cm³/mol. The number of hydrogen-bond acceptors (Lipinski definition) is 0. The van der Waals surface area contributed by atoms with Gasteiger partial charge in [-0.1, -0.05) is 232 Å². The molecule has 0 fully saturated rings. The van der Waals surface area contributed by atoms with Crippen LogP contribution in [0.5, 0.6) is 0 Å². The molecular formula is C71H46. The van der Waals surface area contributed by atoms with Crippen molar-refractivity contribution in [1.29, 1.82) is 0 Å². The summed E-state index contributed by atoms with van der Waals surface area (Å²) >= 11 is 0. The topological polar surface area (TPSA) is 0 Å². The van der Waals surface area contributed by atoms with Gasteiger partial charge in [0.2, 0.25) is 0 Å². The van der Waals surface area contributed by atoms with Crippen LogP contribution in [0.15, 0.2) is 243 Å². The minimum absolute atomic E-state index is 0.162. The molecule has 0 amide bonds. The van der Waals surface area contributed by atoms with Crippen LogP contribution in [0, 0.1) is 0 Å². The fraction of sp³-hybridized carbons (Fsp3) is 0.0423. The Labute approximate surface area is 412 Å². The quantitative estimate of drug-likeness (QED) is 0.154. The Bertz CT molecular complexity index is 4270. The van der Waals surface area contributed by atoms with Crippen LogP contribution in [0.2, 0.25) is 0 Å². The van der Waals surface area contributed by atoms with Crippen LogP contribution in [0.25, 0.3) is 142 Å². The minimum Gasteiger partial charge on any atom is -0.0616 e. The van der Waals surface area contributed by atoms with E-state index in [9.17, 15) is 0 Å². The van der Waals surface area contributed by atoms with Gasteiger partial charge in [0.25, 0.3) is 0 Å². The third-order valence-electron chi connectivity index (χ3n) is 16.2. The second kappa shape index (κ2) is 15.1. The van der Waals surface area contributed by atoms with E-state index in [1.165, 1.54) is 153 Å². The van der Waals surface area contributed by atoms with Gasteiger partial charge < -0.3 is 0 Å². The number of fused-ring (bicyclic) bond motifs is 19. The first-order valence-electron chi connectivity index (χ1n) is 25.0. The van der Waals surface area contributed by atoms with Crippen molar-refractivity contribution < 1.29 is 0 Å². The molecule has 14 aromatic rings. The Kier molecular flexibility index (Phi) is 8.51. The Morgan fingerprint density at radius 3 is 0.803 bits per heavy atom. The zero-order chi connectivity index (χ0) is 47.0. The molecule has 0 heterocycles. The van der Waals surface area contributed by atoms with E-state index in [1.807, 2.05) is 0 Å². The van der Waals surface area contributed by atoms with E-state index in [2.05, 4.69) is 257 Å². The molecule has 0 nitrogen and oxygen atoms in total. The molecule has 0 bridgehead atoms. The highest BCUT2D eigenvalue weighted by molar-refractivity contribution is 6.34. The van der Waals surface area contributed by atoms with Crippen LogP contribution in [-0.2, 0) is 5.41 Å². The van der Waals surface area contributed by atoms with Crippen LogP contribution in [0.1, 0.15) is 25.0 Å². The summed E-state index contributed by atoms with van der Waals surface area (Å²) in [7, 11) is 0. The summed E-state index contributed by atoms with van der Waals surface area (Å²) in [6.45, 7) is 4.79. The summed E-state index contributed by atoms with van der Waals surface area (Å²) in [5.41, 5.74) is 15.2. The van der Waals surface area contributed by atoms with Gasteiger partial charge in [-0.25, -0.2) is 0 Å². The Morgan fingerprint density at radius 2 is 0.451 bits per heavy atom. The summed E-state index contributed by atoms with van der Waals surface area (Å²) in [6, 6.07) is 91.1. The van der Waals surface area contributed by atoms with E-state index in [0.717, 1.165) is 0 Å². The molecule has 0 saturated heterocycles. The molecule has 0 N–H and O–H groups in total. The molecule has 0 atom stereocenters. The largest absolute Gasteiger partial charge is 0.0616 e. The fourth-order valence-corrected chi connectivity index (χ4v) is 12.8. The molecule has 0 aromatic heterocycles. The molecule has 0 spiro atoms. The second-order valence-electron chi connectivity index (χ2n) is 20.3. The maximum atomic E-state index is 2.45. The van der Waals surface area contributed by atoms with Crippen molar-refractivity contribution in [3.8, 4) is 55.6 Å². The normalized spacial score (nSPS) is 13.0. The molecule has 0 aliphatic heterocycles. The van der Waals surface area contributed by atoms with Gasteiger partial charge in [0.05, 0.1) is 0 Å². The van der Waals surface area contributed by atoms with E-state index in [0.29, 0.717) is 0 Å². The maximum Gasteiger partial charge on any atom is 0.0159 e. The first-order chi connectivity index (χ1) is 35.0. The van der Waals surface area contributed by atoms with Gasteiger partial charge in [0, 0.05) is 5.41 Å². The summed E-state index contributed by atoms with van der Waals surface area (Å²) in [5.74, 6) is 0. The summed E-state index contributed by atoms with van der Waals surface area (Å²) in [4.78, 5) is 0. The lowest BCUT2D eigenvalue weighted by Crippen LogP contribution is -2.15. The molecule has 0 saturated carbocycles. The molecule has 0 radical (unpaired) electrons. The highest BCUT2D eigenvalue weighted by atomic mass is 14.4. The molecule has 1 aliphatic rings. The minimum atomic E-state index is -0.162. The molecular weight excluding hydrogens is 853 g/mol. The lowest BCUT2D eigenvalue weighted by molar-refractivity contribution is 0.661. The number of rotatable bonds is 4. The van der Waals surface area contributed by atoms with E-state index in [-0.39, 0.29) is 5.41 Å². The third-order valence-corrected chi connectivity index (χ3v) is 16.2. The zero-order valence-corrected chi connectivity index (χ0v) is 39.6. The van der Waals surface area contributed by atoms with Crippen LogP contribution >= 0.6 is 0 Å². The average molecular weight is 899 g/mol. The number of benzene rings is 14. The van der Waals surface area contributed by atoms with Gasteiger partial charge in [-0.3, -0.25) is 0 Å². The van der Waals surface area contributed by atoms with Gasteiger partial charge in [-0.05, 0) is 177 Å². The molecule has 1 aliphatic carbocycles. The molecule has 0 unspecified atom stereocenters. The molecule has 71 heavy (non-hydrogen) atoms. The lowest BCUT2D eigenvalue weighted by atomic mass is 9.80. The Hall–Kier alpha value is -8.84. The zero-order valence-electron chi connectivity index (χ0n) is 39.6. The van der Waals surface area contributed by atoms with Crippen LogP contribution in [-0.4, -0.2) is 0 Å². The Balaban J connectivity index is 0.768. The second-order valence-corrected chi connectivity index (χ2v) is 20.3. The van der Waals surface area contributed by atoms with Crippen molar-refractivity contribution in [3.05, 3.63) is 254 Å². The average Bonchev–Trinajstić information content (AvgIpc) is 3.66. The van der Waals surface area contributed by atoms with Gasteiger partial charge >= 0.3 is 0 Å². The Morgan fingerprint density at radius 1 is 0.197 bits per heavy atom. The molecule has 0 heteroatoms. The van der Waals surface area contributed by atoms with Gasteiger partial charge in [0.1, 0.15) is 0 Å².